The van der Waals surface area contributed by atoms with E-state index >= 15 is 0 Å². The highest BCUT2D eigenvalue weighted by atomic mass is 32.2. The molecular formula is C20H22N4O3S2. The first-order chi connectivity index (χ1) is 13.7. The number of benzene rings is 2. The Morgan fingerprint density at radius 1 is 1.00 bits per heavy atom. The lowest BCUT2D eigenvalue weighted by atomic mass is 10.0. The van der Waals surface area contributed by atoms with E-state index < -0.39 is 16.1 Å². The summed E-state index contributed by atoms with van der Waals surface area (Å²) in [6.07, 6.45) is 0. The minimum Gasteiger partial charge on any atom is -0.296 e. The molecule has 0 spiro atoms. The van der Waals surface area contributed by atoms with Gasteiger partial charge in [0.05, 0.1) is 0 Å². The highest BCUT2D eigenvalue weighted by Crippen LogP contribution is 2.24. The number of anilines is 1. The van der Waals surface area contributed by atoms with Crippen molar-refractivity contribution in [3.05, 3.63) is 70.3 Å². The number of hydrogen-bond acceptors (Lipinski definition) is 6. The third-order valence-corrected chi connectivity index (χ3v) is 7.28. The van der Waals surface area contributed by atoms with Gasteiger partial charge >= 0.3 is 0 Å². The lowest BCUT2D eigenvalue weighted by Gasteiger charge is -2.14. The summed E-state index contributed by atoms with van der Waals surface area (Å²) in [5.41, 5.74) is 4.58. The number of nitrogens with one attached hydrogen (secondary N) is 2. The first-order valence-electron chi connectivity index (χ1n) is 8.97. The molecule has 1 aromatic heterocycles. The molecule has 0 radical (unpaired) electrons. The van der Waals surface area contributed by atoms with Crippen LogP contribution >= 0.6 is 11.3 Å². The Morgan fingerprint density at radius 3 is 2.34 bits per heavy atom. The number of nitrogens with zero attached hydrogens (tertiary/aromatic N) is 2. The van der Waals surface area contributed by atoms with Gasteiger partial charge in [-0.25, -0.2) is 13.1 Å². The van der Waals surface area contributed by atoms with E-state index in [1.165, 1.54) is 0 Å². The van der Waals surface area contributed by atoms with Crippen molar-refractivity contribution in [2.45, 2.75) is 38.1 Å². The fourth-order valence-electron chi connectivity index (χ4n) is 2.63. The maximum atomic E-state index is 12.7. The lowest BCUT2D eigenvalue weighted by molar-refractivity contribution is 0.102. The Kier molecular flexibility index (Phi) is 6.11. The Hall–Kier alpha value is -2.62. The van der Waals surface area contributed by atoms with Crippen molar-refractivity contribution in [2.75, 3.05) is 5.32 Å². The van der Waals surface area contributed by atoms with Gasteiger partial charge in [-0.3, -0.25) is 10.1 Å². The first-order valence-corrected chi connectivity index (χ1v) is 11.3. The first kappa shape index (κ1) is 21.1. The predicted octanol–water partition coefficient (Wildman–Crippen LogP) is 3.76. The summed E-state index contributed by atoms with van der Waals surface area (Å²) in [4.78, 5) is 12.3. The van der Waals surface area contributed by atoms with E-state index in [9.17, 15) is 13.2 Å². The molecule has 29 heavy (non-hydrogen) atoms. The van der Waals surface area contributed by atoms with Crippen molar-refractivity contribution >= 4 is 32.4 Å². The van der Waals surface area contributed by atoms with Crippen LogP contribution in [0.4, 0.5) is 5.13 Å². The molecule has 7 nitrogen and oxygen atoms in total. The van der Waals surface area contributed by atoms with Crippen molar-refractivity contribution in [3.63, 3.8) is 0 Å². The Bertz CT molecular complexity index is 1140. The summed E-state index contributed by atoms with van der Waals surface area (Å²) in [7, 11) is -3.87. The smallest absolute Gasteiger partial charge is 0.270 e. The molecule has 0 fully saturated rings. The van der Waals surface area contributed by atoms with E-state index in [-0.39, 0.29) is 15.4 Å². The molecule has 0 aliphatic rings. The molecule has 1 amide bonds. The van der Waals surface area contributed by atoms with E-state index in [0.29, 0.717) is 5.56 Å². The molecule has 0 aliphatic heterocycles. The normalized spacial score (nSPS) is 12.6. The summed E-state index contributed by atoms with van der Waals surface area (Å²) in [6.45, 7) is 7.67. The van der Waals surface area contributed by atoms with Gasteiger partial charge < -0.3 is 0 Å². The van der Waals surface area contributed by atoms with Crippen molar-refractivity contribution in [3.8, 4) is 0 Å². The largest absolute Gasteiger partial charge is 0.296 e. The molecule has 2 aromatic carbocycles. The second kappa shape index (κ2) is 8.40. The number of carbonyl (C=O) groups excluding carboxylic acids is 1. The number of amides is 1. The Labute approximate surface area is 174 Å². The zero-order chi connectivity index (χ0) is 21.2. The van der Waals surface area contributed by atoms with Gasteiger partial charge in [-0.1, -0.05) is 47.2 Å². The molecular weight excluding hydrogens is 408 g/mol. The molecule has 0 saturated heterocycles. The van der Waals surface area contributed by atoms with E-state index in [4.69, 9.17) is 0 Å². The second-order valence-corrected chi connectivity index (χ2v) is 9.75. The molecule has 1 atom stereocenters. The van der Waals surface area contributed by atoms with Gasteiger partial charge in [0.25, 0.3) is 15.9 Å². The topological polar surface area (TPSA) is 101 Å². The van der Waals surface area contributed by atoms with Crippen LogP contribution in [0.3, 0.4) is 0 Å². The van der Waals surface area contributed by atoms with Gasteiger partial charge in [-0.15, -0.1) is 10.2 Å². The van der Waals surface area contributed by atoms with Gasteiger partial charge in [0, 0.05) is 11.6 Å². The highest BCUT2D eigenvalue weighted by molar-refractivity contribution is 7.91. The number of aromatic nitrogens is 2. The average Bonchev–Trinajstić information content (AvgIpc) is 3.13. The van der Waals surface area contributed by atoms with E-state index in [2.05, 4.69) is 20.2 Å². The van der Waals surface area contributed by atoms with Crippen LogP contribution in [0.15, 0.2) is 46.8 Å². The van der Waals surface area contributed by atoms with Crippen molar-refractivity contribution in [2.24, 2.45) is 0 Å². The summed E-state index contributed by atoms with van der Waals surface area (Å²) in [5, 5.41) is 10.2. The van der Waals surface area contributed by atoms with Crippen molar-refractivity contribution in [1.29, 1.82) is 0 Å². The minimum atomic E-state index is -3.87. The maximum Gasteiger partial charge on any atom is 0.270 e. The van der Waals surface area contributed by atoms with Gasteiger partial charge in [0.1, 0.15) is 0 Å². The molecule has 0 aliphatic carbocycles. The molecule has 3 rings (SSSR count). The van der Waals surface area contributed by atoms with E-state index in [1.807, 2.05) is 51.1 Å². The van der Waals surface area contributed by atoms with Gasteiger partial charge in [0.2, 0.25) is 9.47 Å². The zero-order valence-corrected chi connectivity index (χ0v) is 18.2. The molecule has 3 aromatic rings. The van der Waals surface area contributed by atoms with Crippen LogP contribution < -0.4 is 10.0 Å². The zero-order valence-electron chi connectivity index (χ0n) is 16.6. The standard InChI is InChI=1S/C20H22N4O3S2/c1-12-5-8-16(9-6-12)18(25)21-19-22-23-20(28-19)29(26,27)24-15(4)17-10-7-13(2)14(3)11-17/h5-11,15,24H,1-4H3,(H,21,22,25)/t15-/m0/s1. The van der Waals surface area contributed by atoms with Crippen LogP contribution in [0.2, 0.25) is 0 Å². The number of carbonyl (C=O) groups is 1. The summed E-state index contributed by atoms with van der Waals surface area (Å²) in [5.74, 6) is -0.374. The number of sulfonamides is 1. The fraction of sp³-hybridized carbons (Fsp3) is 0.250. The molecule has 152 valence electrons. The maximum absolute atomic E-state index is 12.7. The number of hydrogen-bond donors (Lipinski definition) is 2. The molecule has 9 heteroatoms. The molecule has 2 N–H and O–H groups in total. The van der Waals surface area contributed by atoms with Crippen molar-refractivity contribution in [1.82, 2.24) is 14.9 Å². The molecule has 1 heterocycles. The lowest BCUT2D eigenvalue weighted by Crippen LogP contribution is -2.26. The molecule has 0 bridgehead atoms. The van der Waals surface area contributed by atoms with Crippen molar-refractivity contribution < 1.29 is 13.2 Å². The van der Waals surface area contributed by atoms with Crippen LogP contribution in [0.5, 0.6) is 0 Å². The van der Waals surface area contributed by atoms with Crippen LogP contribution in [0, 0.1) is 20.8 Å². The predicted molar refractivity (Wildman–Crippen MR) is 114 cm³/mol. The summed E-state index contributed by atoms with van der Waals surface area (Å²) >= 11 is 0.804. The Morgan fingerprint density at radius 2 is 1.69 bits per heavy atom. The number of aryl methyl sites for hydroxylation is 3. The third-order valence-electron chi connectivity index (χ3n) is 4.53. The SMILES string of the molecule is Cc1ccc(C(=O)Nc2nnc(S(=O)(=O)N[C@@H](C)c3ccc(C)c(C)c3)s2)cc1. The quantitative estimate of drug-likeness (QED) is 0.580. The minimum absolute atomic E-state index is 0.120. The third kappa shape index (κ3) is 5.06. The van der Waals surface area contributed by atoms with Crippen LogP contribution in [0.1, 0.15) is 45.6 Å². The van der Waals surface area contributed by atoms with E-state index in [1.54, 1.807) is 19.1 Å². The highest BCUT2D eigenvalue weighted by Gasteiger charge is 2.24. The monoisotopic (exact) mass is 430 g/mol. The van der Waals surface area contributed by atoms with E-state index in [0.717, 1.165) is 33.6 Å². The fourth-order valence-corrected chi connectivity index (χ4v) is 4.77. The summed E-state index contributed by atoms with van der Waals surface area (Å²) < 4.78 is 27.7. The molecule has 0 saturated carbocycles. The van der Waals surface area contributed by atoms with Gasteiger partial charge in [-0.2, -0.15) is 0 Å². The Balaban J connectivity index is 1.71. The van der Waals surface area contributed by atoms with Gasteiger partial charge in [-0.05, 0) is 56.5 Å². The van der Waals surface area contributed by atoms with Crippen LogP contribution in [-0.2, 0) is 10.0 Å². The van der Waals surface area contributed by atoms with Crippen LogP contribution in [0.25, 0.3) is 0 Å². The van der Waals surface area contributed by atoms with Crippen LogP contribution in [-0.4, -0.2) is 24.5 Å². The number of rotatable bonds is 6. The van der Waals surface area contributed by atoms with Gasteiger partial charge in [0.15, 0.2) is 0 Å². The second-order valence-electron chi connectivity index (χ2n) is 6.88. The average molecular weight is 431 g/mol. The molecule has 0 unspecified atom stereocenters. The summed E-state index contributed by atoms with van der Waals surface area (Å²) in [6, 6.07) is 12.4.